The van der Waals surface area contributed by atoms with Crippen molar-refractivity contribution in [1.29, 1.82) is 0 Å². The molecule has 2 amide bonds. The highest BCUT2D eigenvalue weighted by atomic mass is 79.9. The second kappa shape index (κ2) is 12.5. The number of likely N-dealkylation sites (tertiary alicyclic amines) is 1. The van der Waals surface area contributed by atoms with E-state index in [1.165, 1.54) is 0 Å². The van der Waals surface area contributed by atoms with E-state index in [0.29, 0.717) is 32.6 Å². The smallest absolute Gasteiger partial charge is 0.410 e. The Morgan fingerprint density at radius 1 is 1.09 bits per heavy atom. The van der Waals surface area contributed by atoms with Crippen LogP contribution in [-0.4, -0.2) is 87.2 Å². The standard InChI is InChI=1S/C33H40BrN5O5/c1-33(2,3)44-32(42)37-17-14-27-26(20-37)31(22-8-10-23(34)11-9-22)35-38(27)19-25(40)18-36-15-12-24(13-16-36)39-28-6-4-5-7-29(28)43-21-30(39)41/h4-11,24-25,40H,12-21H2,1-3H3. The Morgan fingerprint density at radius 2 is 1.82 bits per heavy atom. The maximum atomic E-state index is 12.9. The van der Waals surface area contributed by atoms with Gasteiger partial charge in [-0.25, -0.2) is 4.79 Å². The lowest BCUT2D eigenvalue weighted by Crippen LogP contribution is -2.51. The number of fused-ring (bicyclic) bond motifs is 2. The second-order valence-corrected chi connectivity index (χ2v) is 13.7. The van der Waals surface area contributed by atoms with Crippen LogP contribution in [0.5, 0.6) is 5.75 Å². The maximum Gasteiger partial charge on any atom is 0.410 e. The predicted octanol–water partition coefficient (Wildman–Crippen LogP) is 4.86. The van der Waals surface area contributed by atoms with Crippen LogP contribution < -0.4 is 9.64 Å². The number of ether oxygens (including phenoxy) is 2. The fourth-order valence-electron chi connectivity index (χ4n) is 6.40. The number of amides is 2. The van der Waals surface area contributed by atoms with E-state index in [4.69, 9.17) is 14.6 Å². The average Bonchev–Trinajstić information content (AvgIpc) is 3.34. The molecule has 1 fully saturated rings. The van der Waals surface area contributed by atoms with Gasteiger partial charge in [0.15, 0.2) is 6.61 Å². The molecule has 10 nitrogen and oxygen atoms in total. The first-order valence-electron chi connectivity index (χ1n) is 15.3. The lowest BCUT2D eigenvalue weighted by atomic mass is 10.0. The Labute approximate surface area is 266 Å². The van der Waals surface area contributed by atoms with Crippen molar-refractivity contribution in [3.8, 4) is 17.0 Å². The fraction of sp³-hybridized carbons (Fsp3) is 0.485. The van der Waals surface area contributed by atoms with Gasteiger partial charge in [0.2, 0.25) is 0 Å². The number of nitrogens with zero attached hydrogens (tertiary/aromatic N) is 5. The number of benzene rings is 2. The summed E-state index contributed by atoms with van der Waals surface area (Å²) in [4.78, 5) is 31.6. The summed E-state index contributed by atoms with van der Waals surface area (Å²) in [6.45, 7) is 9.09. The van der Waals surface area contributed by atoms with Crippen LogP contribution in [0.1, 0.15) is 44.9 Å². The van der Waals surface area contributed by atoms with Gasteiger partial charge in [-0.05, 0) is 57.9 Å². The van der Waals surface area contributed by atoms with Crippen molar-refractivity contribution in [3.05, 3.63) is 64.3 Å². The number of para-hydroxylation sites is 2. The van der Waals surface area contributed by atoms with Crippen molar-refractivity contribution in [3.63, 3.8) is 0 Å². The zero-order chi connectivity index (χ0) is 31.0. The van der Waals surface area contributed by atoms with Gasteiger partial charge >= 0.3 is 6.09 Å². The molecule has 3 aromatic rings. The molecule has 0 spiro atoms. The Kier molecular flexibility index (Phi) is 8.72. The van der Waals surface area contributed by atoms with Crippen molar-refractivity contribution in [2.75, 3.05) is 37.7 Å². The van der Waals surface area contributed by atoms with E-state index < -0.39 is 11.7 Å². The first kappa shape index (κ1) is 30.6. The van der Waals surface area contributed by atoms with E-state index in [1.54, 1.807) is 4.90 Å². The van der Waals surface area contributed by atoms with Crippen molar-refractivity contribution in [1.82, 2.24) is 19.6 Å². The Bertz CT molecular complexity index is 1510. The largest absolute Gasteiger partial charge is 0.482 e. The number of hydrogen-bond acceptors (Lipinski definition) is 7. The normalized spacial score (nSPS) is 18.4. The molecule has 0 radical (unpaired) electrons. The molecule has 1 unspecified atom stereocenters. The molecule has 0 saturated carbocycles. The summed E-state index contributed by atoms with van der Waals surface area (Å²) in [6.07, 6.45) is 1.34. The quantitative estimate of drug-likeness (QED) is 0.402. The summed E-state index contributed by atoms with van der Waals surface area (Å²) in [5.41, 5.74) is 4.10. The summed E-state index contributed by atoms with van der Waals surface area (Å²) in [5.74, 6) is 0.752. The van der Waals surface area contributed by atoms with Gasteiger partial charge in [0.25, 0.3) is 5.91 Å². The minimum absolute atomic E-state index is 0.00236. The average molecular weight is 667 g/mol. The summed E-state index contributed by atoms with van der Waals surface area (Å²) in [7, 11) is 0. The monoisotopic (exact) mass is 665 g/mol. The summed E-state index contributed by atoms with van der Waals surface area (Å²) in [5, 5.41) is 16.2. The zero-order valence-corrected chi connectivity index (χ0v) is 27.1. The third-order valence-corrected chi connectivity index (χ3v) is 8.95. The Balaban J connectivity index is 1.13. The molecule has 0 bridgehead atoms. The number of piperidine rings is 1. The van der Waals surface area contributed by atoms with E-state index in [2.05, 4.69) is 20.8 Å². The Morgan fingerprint density at radius 3 is 2.55 bits per heavy atom. The number of carbonyl (C=O) groups excluding carboxylic acids is 2. The number of anilines is 1. The fourth-order valence-corrected chi connectivity index (χ4v) is 6.67. The molecule has 3 aliphatic heterocycles. The van der Waals surface area contributed by atoms with Crippen LogP contribution in [-0.2, 0) is 29.0 Å². The van der Waals surface area contributed by atoms with Crippen LogP contribution in [0, 0.1) is 0 Å². The van der Waals surface area contributed by atoms with E-state index in [-0.39, 0.29) is 24.6 Å². The van der Waals surface area contributed by atoms with Gasteiger partial charge in [0, 0.05) is 59.9 Å². The topological polar surface area (TPSA) is 100 Å². The number of β-amino-alcohol motifs (C(OH)–C–C–N with tert-alkyl or cyclic N) is 1. The van der Waals surface area contributed by atoms with Crippen molar-refractivity contribution >= 4 is 33.6 Å². The van der Waals surface area contributed by atoms with E-state index in [0.717, 1.165) is 64.4 Å². The highest BCUT2D eigenvalue weighted by Crippen LogP contribution is 2.35. The lowest BCUT2D eigenvalue weighted by Gasteiger charge is -2.41. The molecule has 1 N–H and O–H groups in total. The first-order valence-corrected chi connectivity index (χ1v) is 16.1. The minimum atomic E-state index is -0.622. The summed E-state index contributed by atoms with van der Waals surface area (Å²) >= 11 is 3.51. The molecule has 4 heterocycles. The van der Waals surface area contributed by atoms with E-state index >= 15 is 0 Å². The summed E-state index contributed by atoms with van der Waals surface area (Å²) < 4.78 is 14.2. The SMILES string of the molecule is CC(C)(C)OC(=O)N1CCc2c(c(-c3ccc(Br)cc3)nn2CC(O)CN2CCC(N3C(=O)COc4ccccc43)CC2)C1. The molecule has 1 aromatic heterocycles. The van der Waals surface area contributed by atoms with Gasteiger partial charge in [-0.3, -0.25) is 9.48 Å². The molecule has 1 atom stereocenters. The highest BCUT2D eigenvalue weighted by molar-refractivity contribution is 9.10. The zero-order valence-electron chi connectivity index (χ0n) is 25.5. The molecule has 2 aromatic carbocycles. The van der Waals surface area contributed by atoms with Crippen molar-refractivity contribution < 1.29 is 24.2 Å². The van der Waals surface area contributed by atoms with Crippen LogP contribution in [0.2, 0.25) is 0 Å². The molecular weight excluding hydrogens is 626 g/mol. The van der Waals surface area contributed by atoms with Crippen LogP contribution >= 0.6 is 15.9 Å². The molecule has 6 rings (SSSR count). The van der Waals surface area contributed by atoms with E-state index in [1.807, 2.05) is 78.9 Å². The number of aromatic nitrogens is 2. The van der Waals surface area contributed by atoms with Crippen LogP contribution in [0.4, 0.5) is 10.5 Å². The number of rotatable bonds is 6. The van der Waals surface area contributed by atoms with Crippen molar-refractivity contribution in [2.45, 2.75) is 70.9 Å². The van der Waals surface area contributed by atoms with Gasteiger partial charge in [0.1, 0.15) is 11.4 Å². The number of carbonyl (C=O) groups is 2. The number of aliphatic hydroxyl groups is 1. The van der Waals surface area contributed by atoms with Gasteiger partial charge in [0.05, 0.1) is 30.6 Å². The third kappa shape index (κ3) is 6.64. The van der Waals surface area contributed by atoms with Crippen LogP contribution in [0.3, 0.4) is 0 Å². The molecule has 1 saturated heterocycles. The minimum Gasteiger partial charge on any atom is -0.482 e. The van der Waals surface area contributed by atoms with Crippen LogP contribution in [0.15, 0.2) is 53.0 Å². The number of halogens is 1. The number of aliphatic hydroxyl groups excluding tert-OH is 1. The number of hydrogen-bond donors (Lipinski definition) is 1. The maximum absolute atomic E-state index is 12.9. The second-order valence-electron chi connectivity index (χ2n) is 12.8. The molecule has 3 aliphatic rings. The summed E-state index contributed by atoms with van der Waals surface area (Å²) in [6, 6.07) is 15.8. The molecule has 0 aliphatic carbocycles. The van der Waals surface area contributed by atoms with Gasteiger partial charge in [-0.2, -0.15) is 5.10 Å². The molecular formula is C33H40BrN5O5. The first-order chi connectivity index (χ1) is 21.1. The van der Waals surface area contributed by atoms with E-state index in [9.17, 15) is 14.7 Å². The molecule has 44 heavy (non-hydrogen) atoms. The highest BCUT2D eigenvalue weighted by Gasteiger charge is 2.35. The van der Waals surface area contributed by atoms with Crippen LogP contribution in [0.25, 0.3) is 11.3 Å². The molecule has 234 valence electrons. The van der Waals surface area contributed by atoms with Gasteiger partial charge in [-0.15, -0.1) is 0 Å². The van der Waals surface area contributed by atoms with Crippen molar-refractivity contribution in [2.24, 2.45) is 0 Å². The van der Waals surface area contributed by atoms with Gasteiger partial charge < -0.3 is 29.3 Å². The lowest BCUT2D eigenvalue weighted by molar-refractivity contribution is -0.122. The third-order valence-electron chi connectivity index (χ3n) is 8.42. The van der Waals surface area contributed by atoms with Gasteiger partial charge in [-0.1, -0.05) is 40.2 Å². The molecule has 11 heteroatoms. The predicted molar refractivity (Wildman–Crippen MR) is 171 cm³/mol. The Hall–Kier alpha value is -3.41.